The van der Waals surface area contributed by atoms with Crippen molar-refractivity contribution in [2.75, 3.05) is 5.32 Å². The summed E-state index contributed by atoms with van der Waals surface area (Å²) in [5.41, 5.74) is 2.00. The maximum atomic E-state index is 12.4. The summed E-state index contributed by atoms with van der Waals surface area (Å²) < 4.78 is 1.27. The maximum Gasteiger partial charge on any atom is 0.277 e. The first-order valence-electron chi connectivity index (χ1n) is 8.53. The van der Waals surface area contributed by atoms with Gasteiger partial charge < -0.3 is 5.32 Å². The number of hydrogen-bond acceptors (Lipinski definition) is 4. The molecule has 3 rings (SSSR count). The van der Waals surface area contributed by atoms with Crippen LogP contribution in [0.5, 0.6) is 0 Å². The molecule has 0 aliphatic rings. The predicted octanol–water partition coefficient (Wildman–Crippen LogP) is 3.72. The van der Waals surface area contributed by atoms with Crippen molar-refractivity contribution in [1.29, 1.82) is 0 Å². The number of benzene rings is 1. The van der Waals surface area contributed by atoms with Crippen molar-refractivity contribution in [1.82, 2.24) is 14.8 Å². The summed E-state index contributed by atoms with van der Waals surface area (Å²) in [6, 6.07) is 13.9. The van der Waals surface area contributed by atoms with Crippen LogP contribution in [0.3, 0.4) is 0 Å². The molecular formula is C20H19ClN4O2. The molecule has 1 amide bonds. The highest BCUT2D eigenvalue weighted by Crippen LogP contribution is 2.15. The molecule has 0 atom stereocenters. The fourth-order valence-electron chi connectivity index (χ4n) is 2.58. The number of rotatable bonds is 5. The smallest absolute Gasteiger partial charge is 0.277 e. The zero-order valence-corrected chi connectivity index (χ0v) is 15.8. The molecular weight excluding hydrogens is 364 g/mol. The molecule has 138 valence electrons. The number of aromatic nitrogens is 3. The topological polar surface area (TPSA) is 76.9 Å². The van der Waals surface area contributed by atoms with Crippen molar-refractivity contribution in [2.24, 2.45) is 0 Å². The van der Waals surface area contributed by atoms with Gasteiger partial charge in [-0.05, 0) is 55.7 Å². The zero-order valence-electron chi connectivity index (χ0n) is 15.0. The lowest BCUT2D eigenvalue weighted by molar-refractivity contribution is 0.101. The van der Waals surface area contributed by atoms with Gasteiger partial charge in [-0.2, -0.15) is 5.10 Å². The third kappa shape index (κ3) is 4.80. The number of carbonyl (C=O) groups is 1. The van der Waals surface area contributed by atoms with Crippen molar-refractivity contribution >= 4 is 23.3 Å². The second-order valence-corrected chi connectivity index (χ2v) is 6.84. The average molecular weight is 383 g/mol. The van der Waals surface area contributed by atoms with E-state index in [-0.39, 0.29) is 17.3 Å². The van der Waals surface area contributed by atoms with Gasteiger partial charge in [-0.1, -0.05) is 29.8 Å². The summed E-state index contributed by atoms with van der Waals surface area (Å²) in [5.74, 6) is -0.00145. The number of pyridine rings is 1. The van der Waals surface area contributed by atoms with Crippen molar-refractivity contribution < 1.29 is 4.79 Å². The monoisotopic (exact) mass is 382 g/mol. The number of nitrogens with one attached hydrogen (secondary N) is 1. The van der Waals surface area contributed by atoms with Crippen molar-refractivity contribution in [3.8, 4) is 0 Å². The first-order valence-corrected chi connectivity index (χ1v) is 8.91. The second kappa shape index (κ2) is 8.14. The molecule has 27 heavy (non-hydrogen) atoms. The minimum Gasteiger partial charge on any atom is -0.305 e. The Balaban J connectivity index is 1.70. The molecule has 1 N–H and O–H groups in total. The van der Waals surface area contributed by atoms with E-state index in [0.29, 0.717) is 17.3 Å². The largest absolute Gasteiger partial charge is 0.305 e. The standard InChI is InChI=1S/C20H19ClN4O2/c1-13(2)25-19(26)9-7-17(24-25)20(27)23-18-8-6-15(12-22-18)10-14-4-3-5-16(21)11-14/h3-9,11-13H,10H2,1-2H3,(H,22,23,27). The Hall–Kier alpha value is -2.99. The molecule has 0 bridgehead atoms. The Morgan fingerprint density at radius 3 is 2.63 bits per heavy atom. The van der Waals surface area contributed by atoms with Gasteiger partial charge in [-0.15, -0.1) is 0 Å². The molecule has 0 saturated carbocycles. The average Bonchev–Trinajstić information content (AvgIpc) is 2.63. The van der Waals surface area contributed by atoms with Crippen LogP contribution in [0, 0.1) is 0 Å². The maximum absolute atomic E-state index is 12.4. The van der Waals surface area contributed by atoms with Crippen LogP contribution in [0.1, 0.15) is 41.5 Å². The normalized spacial score (nSPS) is 10.8. The van der Waals surface area contributed by atoms with E-state index in [1.807, 2.05) is 44.2 Å². The number of hydrogen-bond donors (Lipinski definition) is 1. The van der Waals surface area contributed by atoms with E-state index >= 15 is 0 Å². The minimum atomic E-state index is -0.417. The third-order valence-electron chi connectivity index (χ3n) is 3.91. The molecule has 0 aliphatic carbocycles. The van der Waals surface area contributed by atoms with Gasteiger partial charge in [0.15, 0.2) is 0 Å². The van der Waals surface area contributed by atoms with E-state index in [1.165, 1.54) is 16.8 Å². The van der Waals surface area contributed by atoms with Crippen LogP contribution < -0.4 is 10.9 Å². The first-order chi connectivity index (χ1) is 12.9. The van der Waals surface area contributed by atoms with Crippen LogP contribution in [0.25, 0.3) is 0 Å². The van der Waals surface area contributed by atoms with Gasteiger partial charge >= 0.3 is 0 Å². The molecule has 0 fully saturated rings. The lowest BCUT2D eigenvalue weighted by Crippen LogP contribution is -2.27. The highest BCUT2D eigenvalue weighted by atomic mass is 35.5. The molecule has 0 spiro atoms. The molecule has 3 aromatic rings. The van der Waals surface area contributed by atoms with E-state index in [9.17, 15) is 9.59 Å². The van der Waals surface area contributed by atoms with Gasteiger partial charge in [0.05, 0.1) is 6.04 Å². The summed E-state index contributed by atoms with van der Waals surface area (Å²) in [7, 11) is 0. The molecule has 0 aliphatic heterocycles. The van der Waals surface area contributed by atoms with E-state index in [1.54, 1.807) is 12.3 Å². The van der Waals surface area contributed by atoms with Gasteiger partial charge in [-0.25, -0.2) is 9.67 Å². The highest BCUT2D eigenvalue weighted by molar-refractivity contribution is 6.30. The van der Waals surface area contributed by atoms with E-state index in [0.717, 1.165) is 11.1 Å². The lowest BCUT2D eigenvalue weighted by atomic mass is 10.1. The van der Waals surface area contributed by atoms with Gasteiger partial charge in [0, 0.05) is 17.3 Å². The summed E-state index contributed by atoms with van der Waals surface area (Å²) in [6.45, 7) is 3.66. The van der Waals surface area contributed by atoms with Gasteiger partial charge in [0.25, 0.3) is 11.5 Å². The molecule has 0 saturated heterocycles. The fraction of sp³-hybridized carbons (Fsp3) is 0.200. The second-order valence-electron chi connectivity index (χ2n) is 6.41. The van der Waals surface area contributed by atoms with Crippen molar-refractivity contribution in [2.45, 2.75) is 26.3 Å². The van der Waals surface area contributed by atoms with E-state index < -0.39 is 5.91 Å². The molecule has 6 nitrogen and oxygen atoms in total. The fourth-order valence-corrected chi connectivity index (χ4v) is 2.80. The summed E-state index contributed by atoms with van der Waals surface area (Å²) in [4.78, 5) is 28.4. The number of halogens is 1. The SMILES string of the molecule is CC(C)n1nc(C(=O)Nc2ccc(Cc3cccc(Cl)c3)cn2)ccc1=O. The third-order valence-corrected chi connectivity index (χ3v) is 4.15. The van der Waals surface area contributed by atoms with Crippen LogP contribution >= 0.6 is 11.6 Å². The molecule has 2 aromatic heterocycles. The number of nitrogens with zero attached hydrogens (tertiary/aromatic N) is 3. The lowest BCUT2D eigenvalue weighted by Gasteiger charge is -2.10. The Morgan fingerprint density at radius 1 is 1.15 bits per heavy atom. The van der Waals surface area contributed by atoms with Gasteiger partial charge in [-0.3, -0.25) is 9.59 Å². The van der Waals surface area contributed by atoms with Crippen LogP contribution in [-0.4, -0.2) is 20.7 Å². The van der Waals surface area contributed by atoms with Gasteiger partial charge in [0.1, 0.15) is 11.5 Å². The number of anilines is 1. The predicted molar refractivity (Wildman–Crippen MR) is 105 cm³/mol. The summed E-state index contributed by atoms with van der Waals surface area (Å²) in [6.07, 6.45) is 2.40. The molecule has 1 aromatic carbocycles. The Bertz CT molecular complexity index is 1010. The Morgan fingerprint density at radius 2 is 1.96 bits per heavy atom. The van der Waals surface area contributed by atoms with Crippen molar-refractivity contribution in [3.63, 3.8) is 0 Å². The zero-order chi connectivity index (χ0) is 19.4. The molecule has 0 radical (unpaired) electrons. The molecule has 0 unspecified atom stereocenters. The summed E-state index contributed by atoms with van der Waals surface area (Å²) >= 11 is 6.00. The summed E-state index contributed by atoms with van der Waals surface area (Å²) in [5, 5.41) is 7.49. The highest BCUT2D eigenvalue weighted by Gasteiger charge is 2.12. The first kappa shape index (κ1) is 18.8. The van der Waals surface area contributed by atoms with Crippen LogP contribution in [-0.2, 0) is 6.42 Å². The Labute approximate surface area is 161 Å². The van der Waals surface area contributed by atoms with E-state index in [2.05, 4.69) is 15.4 Å². The van der Waals surface area contributed by atoms with Gasteiger partial charge in [0.2, 0.25) is 0 Å². The number of amides is 1. The van der Waals surface area contributed by atoms with Crippen LogP contribution in [0.15, 0.2) is 59.5 Å². The number of carbonyl (C=O) groups excluding carboxylic acids is 1. The molecule has 7 heteroatoms. The van der Waals surface area contributed by atoms with E-state index in [4.69, 9.17) is 11.6 Å². The Kier molecular flexibility index (Phi) is 5.66. The van der Waals surface area contributed by atoms with Crippen LogP contribution in [0.4, 0.5) is 5.82 Å². The van der Waals surface area contributed by atoms with Crippen LogP contribution in [0.2, 0.25) is 5.02 Å². The van der Waals surface area contributed by atoms with Crippen molar-refractivity contribution in [3.05, 3.63) is 86.9 Å². The molecule has 2 heterocycles. The quantitative estimate of drug-likeness (QED) is 0.729. The minimum absolute atomic E-state index is 0.130.